The zero-order valence-corrected chi connectivity index (χ0v) is 11.0. The zero-order valence-electron chi connectivity index (χ0n) is 10.2. The Morgan fingerprint density at radius 3 is 2.47 bits per heavy atom. The molecule has 0 saturated heterocycles. The van der Waals surface area contributed by atoms with Crippen molar-refractivity contribution in [2.45, 2.75) is 11.8 Å². The van der Waals surface area contributed by atoms with E-state index in [1.807, 2.05) is 0 Å². The molecular weight excluding hydrogens is 267 g/mol. The summed E-state index contributed by atoms with van der Waals surface area (Å²) in [4.78, 5) is -0.140. The first-order valence-corrected chi connectivity index (χ1v) is 7.02. The van der Waals surface area contributed by atoms with Crippen molar-refractivity contribution in [3.63, 3.8) is 0 Å². The molecule has 2 aromatic rings. The summed E-state index contributed by atoms with van der Waals surface area (Å²) in [5, 5.41) is 0. The molecule has 3 N–H and O–H groups in total. The van der Waals surface area contributed by atoms with Crippen LogP contribution in [0, 0.1) is 12.7 Å². The van der Waals surface area contributed by atoms with Gasteiger partial charge in [0, 0.05) is 0 Å². The van der Waals surface area contributed by atoms with Crippen LogP contribution in [0.15, 0.2) is 47.4 Å². The van der Waals surface area contributed by atoms with Crippen LogP contribution in [0.3, 0.4) is 0 Å². The fourth-order valence-electron chi connectivity index (χ4n) is 1.53. The summed E-state index contributed by atoms with van der Waals surface area (Å²) in [6.45, 7) is 1.56. The molecule has 0 aliphatic carbocycles. The van der Waals surface area contributed by atoms with Gasteiger partial charge in [0.2, 0.25) is 0 Å². The third-order valence-electron chi connectivity index (χ3n) is 2.66. The molecule has 0 heterocycles. The molecule has 0 spiro atoms. The number of hydrogen-bond acceptors (Lipinski definition) is 3. The molecule has 0 amide bonds. The maximum absolute atomic E-state index is 13.4. The Hall–Kier alpha value is -2.08. The van der Waals surface area contributed by atoms with E-state index >= 15 is 0 Å². The average Bonchev–Trinajstić information content (AvgIpc) is 2.35. The van der Waals surface area contributed by atoms with Crippen LogP contribution in [0.25, 0.3) is 0 Å². The first kappa shape index (κ1) is 13.4. The van der Waals surface area contributed by atoms with Gasteiger partial charge in [-0.1, -0.05) is 18.2 Å². The number of para-hydroxylation sites is 2. The molecule has 100 valence electrons. The van der Waals surface area contributed by atoms with Crippen molar-refractivity contribution < 1.29 is 12.8 Å². The number of hydrogen-bond donors (Lipinski definition) is 2. The van der Waals surface area contributed by atoms with E-state index in [-0.39, 0.29) is 10.6 Å². The molecule has 0 atom stereocenters. The lowest BCUT2D eigenvalue weighted by Gasteiger charge is -2.10. The van der Waals surface area contributed by atoms with Crippen LogP contribution in [0.5, 0.6) is 0 Å². The maximum Gasteiger partial charge on any atom is 0.262 e. The molecule has 0 radical (unpaired) electrons. The predicted octanol–water partition coefficient (Wildman–Crippen LogP) is 2.52. The summed E-state index contributed by atoms with van der Waals surface area (Å²) in [7, 11) is -3.85. The quantitative estimate of drug-likeness (QED) is 0.848. The fourth-order valence-corrected chi connectivity index (χ4v) is 2.63. The molecule has 0 aromatic heterocycles. The Bertz CT molecular complexity index is 714. The van der Waals surface area contributed by atoms with Gasteiger partial charge in [-0.2, -0.15) is 0 Å². The molecule has 0 aliphatic rings. The Labute approximate surface area is 111 Å². The molecule has 0 aliphatic heterocycles. The Morgan fingerprint density at radius 1 is 1.16 bits per heavy atom. The van der Waals surface area contributed by atoms with Crippen molar-refractivity contribution in [2.24, 2.45) is 0 Å². The number of aryl methyl sites for hydroxylation is 1. The summed E-state index contributed by atoms with van der Waals surface area (Å²) in [5.41, 5.74) is 6.62. The highest BCUT2D eigenvalue weighted by molar-refractivity contribution is 7.92. The van der Waals surface area contributed by atoms with Crippen molar-refractivity contribution in [1.29, 1.82) is 0 Å². The molecule has 2 aromatic carbocycles. The van der Waals surface area contributed by atoms with E-state index in [2.05, 4.69) is 4.72 Å². The van der Waals surface area contributed by atoms with E-state index in [1.54, 1.807) is 25.1 Å². The lowest BCUT2D eigenvalue weighted by atomic mass is 10.2. The number of nitrogen functional groups attached to an aromatic ring is 1. The molecule has 2 rings (SSSR count). The second kappa shape index (κ2) is 4.89. The van der Waals surface area contributed by atoms with Crippen LogP contribution >= 0.6 is 0 Å². The van der Waals surface area contributed by atoms with Crippen LogP contribution in [0.1, 0.15) is 5.56 Å². The number of benzene rings is 2. The van der Waals surface area contributed by atoms with Crippen molar-refractivity contribution >= 4 is 21.4 Å². The van der Waals surface area contributed by atoms with Crippen LogP contribution < -0.4 is 10.5 Å². The van der Waals surface area contributed by atoms with Gasteiger partial charge < -0.3 is 5.73 Å². The summed E-state index contributed by atoms with van der Waals surface area (Å²) < 4.78 is 39.9. The van der Waals surface area contributed by atoms with Gasteiger partial charge >= 0.3 is 0 Å². The molecule has 0 saturated carbocycles. The molecule has 6 heteroatoms. The lowest BCUT2D eigenvalue weighted by Crippen LogP contribution is -2.14. The summed E-state index contributed by atoms with van der Waals surface area (Å²) in [6, 6.07) is 10.2. The Balaban J connectivity index is 2.38. The van der Waals surface area contributed by atoms with E-state index in [0.717, 1.165) is 6.07 Å². The Kier molecular flexibility index (Phi) is 3.44. The highest BCUT2D eigenvalue weighted by Gasteiger charge is 2.16. The van der Waals surface area contributed by atoms with Crippen LogP contribution in [0.4, 0.5) is 15.8 Å². The minimum Gasteiger partial charge on any atom is -0.397 e. The number of halogens is 1. The first-order valence-electron chi connectivity index (χ1n) is 5.53. The van der Waals surface area contributed by atoms with E-state index < -0.39 is 15.8 Å². The molecule has 0 fully saturated rings. The monoisotopic (exact) mass is 280 g/mol. The van der Waals surface area contributed by atoms with Crippen molar-refractivity contribution in [1.82, 2.24) is 0 Å². The molecule has 0 unspecified atom stereocenters. The summed E-state index contributed by atoms with van der Waals surface area (Å²) in [5.74, 6) is -0.566. The van der Waals surface area contributed by atoms with Gasteiger partial charge in [-0.3, -0.25) is 4.72 Å². The molecule has 19 heavy (non-hydrogen) atoms. The SMILES string of the molecule is Cc1ccc(S(=O)(=O)Nc2ccccc2N)cc1F. The summed E-state index contributed by atoms with van der Waals surface area (Å²) in [6.07, 6.45) is 0. The van der Waals surface area contributed by atoms with Crippen molar-refractivity contribution in [3.05, 3.63) is 53.8 Å². The number of nitrogens with one attached hydrogen (secondary N) is 1. The second-order valence-electron chi connectivity index (χ2n) is 4.10. The molecule has 4 nitrogen and oxygen atoms in total. The van der Waals surface area contributed by atoms with Crippen LogP contribution in [0.2, 0.25) is 0 Å². The normalized spacial score (nSPS) is 11.3. The van der Waals surface area contributed by atoms with Gasteiger partial charge in [-0.15, -0.1) is 0 Å². The van der Waals surface area contributed by atoms with Gasteiger partial charge in [-0.25, -0.2) is 12.8 Å². The molecule has 0 bridgehead atoms. The van der Waals surface area contributed by atoms with Gasteiger partial charge in [-0.05, 0) is 36.8 Å². The van der Waals surface area contributed by atoms with E-state index in [9.17, 15) is 12.8 Å². The first-order chi connectivity index (χ1) is 8.90. The number of nitrogens with two attached hydrogens (primary N) is 1. The van der Waals surface area contributed by atoms with E-state index in [4.69, 9.17) is 5.73 Å². The predicted molar refractivity (Wildman–Crippen MR) is 72.8 cm³/mol. The van der Waals surface area contributed by atoms with Crippen LogP contribution in [-0.4, -0.2) is 8.42 Å². The van der Waals surface area contributed by atoms with E-state index in [0.29, 0.717) is 11.3 Å². The second-order valence-corrected chi connectivity index (χ2v) is 5.79. The van der Waals surface area contributed by atoms with Gasteiger partial charge in [0.15, 0.2) is 0 Å². The fraction of sp³-hybridized carbons (Fsp3) is 0.0769. The standard InChI is InChI=1S/C13H13FN2O2S/c1-9-6-7-10(8-11(9)14)19(17,18)16-13-5-3-2-4-12(13)15/h2-8,16H,15H2,1H3. The minimum absolute atomic E-state index is 0.140. The van der Waals surface area contributed by atoms with Gasteiger partial charge in [0.1, 0.15) is 5.82 Å². The molecular formula is C13H13FN2O2S. The smallest absolute Gasteiger partial charge is 0.262 e. The third-order valence-corrected chi connectivity index (χ3v) is 4.02. The van der Waals surface area contributed by atoms with Gasteiger partial charge in [0.05, 0.1) is 16.3 Å². The summed E-state index contributed by atoms with van der Waals surface area (Å²) >= 11 is 0. The number of anilines is 2. The third kappa shape index (κ3) is 2.85. The lowest BCUT2D eigenvalue weighted by molar-refractivity contribution is 0.593. The highest BCUT2D eigenvalue weighted by Crippen LogP contribution is 2.22. The number of rotatable bonds is 3. The zero-order chi connectivity index (χ0) is 14.0. The average molecular weight is 280 g/mol. The van der Waals surface area contributed by atoms with Crippen molar-refractivity contribution in [2.75, 3.05) is 10.5 Å². The van der Waals surface area contributed by atoms with Crippen molar-refractivity contribution in [3.8, 4) is 0 Å². The maximum atomic E-state index is 13.4. The van der Waals surface area contributed by atoms with Gasteiger partial charge in [0.25, 0.3) is 10.0 Å². The van der Waals surface area contributed by atoms with E-state index in [1.165, 1.54) is 18.2 Å². The van der Waals surface area contributed by atoms with Crippen LogP contribution in [-0.2, 0) is 10.0 Å². The topological polar surface area (TPSA) is 72.2 Å². The number of sulfonamides is 1. The highest BCUT2D eigenvalue weighted by atomic mass is 32.2. The minimum atomic E-state index is -3.85. The Morgan fingerprint density at radius 2 is 1.84 bits per heavy atom. The largest absolute Gasteiger partial charge is 0.397 e.